The SMILES string of the molecule is NC(CC(=O)NC1(CO)CCOCC1)c1ccccc1. The smallest absolute Gasteiger partial charge is 0.222 e. The summed E-state index contributed by atoms with van der Waals surface area (Å²) in [7, 11) is 0. The zero-order chi connectivity index (χ0) is 14.4. The van der Waals surface area contributed by atoms with E-state index in [1.54, 1.807) is 0 Å². The number of carbonyl (C=O) groups excluding carboxylic acids is 1. The van der Waals surface area contributed by atoms with E-state index >= 15 is 0 Å². The largest absolute Gasteiger partial charge is 0.394 e. The second-order valence-corrected chi connectivity index (χ2v) is 5.32. The van der Waals surface area contributed by atoms with Crippen molar-refractivity contribution in [2.75, 3.05) is 19.8 Å². The minimum atomic E-state index is -0.550. The first-order valence-electron chi connectivity index (χ1n) is 6.95. The molecule has 110 valence electrons. The summed E-state index contributed by atoms with van der Waals surface area (Å²) in [6.45, 7) is 1.06. The Balaban J connectivity index is 1.91. The third kappa shape index (κ3) is 3.79. The maximum Gasteiger partial charge on any atom is 0.222 e. The molecular formula is C15H22N2O3. The van der Waals surface area contributed by atoms with Crippen molar-refractivity contribution in [1.29, 1.82) is 0 Å². The number of aliphatic hydroxyl groups is 1. The number of amides is 1. The number of nitrogens with two attached hydrogens (primary N) is 1. The monoisotopic (exact) mass is 278 g/mol. The molecule has 0 aromatic heterocycles. The average Bonchev–Trinajstić information content (AvgIpc) is 2.49. The summed E-state index contributed by atoms with van der Waals surface area (Å²) in [5.41, 5.74) is 6.43. The summed E-state index contributed by atoms with van der Waals surface area (Å²) >= 11 is 0. The van der Waals surface area contributed by atoms with Crippen LogP contribution in [0.4, 0.5) is 0 Å². The second kappa shape index (κ2) is 6.83. The van der Waals surface area contributed by atoms with Crippen molar-refractivity contribution < 1.29 is 14.6 Å². The molecule has 1 amide bonds. The van der Waals surface area contributed by atoms with Crippen LogP contribution in [0.25, 0.3) is 0 Å². The third-order valence-corrected chi connectivity index (χ3v) is 3.79. The zero-order valence-corrected chi connectivity index (χ0v) is 11.5. The summed E-state index contributed by atoms with van der Waals surface area (Å²) in [6, 6.07) is 9.22. The highest BCUT2D eigenvalue weighted by Crippen LogP contribution is 2.21. The van der Waals surface area contributed by atoms with Gasteiger partial charge in [0.2, 0.25) is 5.91 Å². The van der Waals surface area contributed by atoms with Gasteiger partial charge in [0.1, 0.15) is 0 Å². The first-order valence-corrected chi connectivity index (χ1v) is 6.95. The number of ether oxygens (including phenoxy) is 1. The second-order valence-electron chi connectivity index (χ2n) is 5.32. The van der Waals surface area contributed by atoms with Gasteiger partial charge in [0.15, 0.2) is 0 Å². The van der Waals surface area contributed by atoms with E-state index in [2.05, 4.69) is 5.32 Å². The molecule has 20 heavy (non-hydrogen) atoms. The zero-order valence-electron chi connectivity index (χ0n) is 11.5. The van der Waals surface area contributed by atoms with Gasteiger partial charge in [-0.05, 0) is 18.4 Å². The highest BCUT2D eigenvalue weighted by molar-refractivity contribution is 5.77. The Labute approximate surface area is 119 Å². The summed E-state index contributed by atoms with van der Waals surface area (Å²) in [4.78, 5) is 12.1. The van der Waals surface area contributed by atoms with Crippen molar-refractivity contribution in [3.8, 4) is 0 Å². The van der Waals surface area contributed by atoms with Gasteiger partial charge in [-0.1, -0.05) is 30.3 Å². The molecule has 5 nitrogen and oxygen atoms in total. The number of rotatable bonds is 5. The molecule has 1 unspecified atom stereocenters. The molecule has 1 aromatic carbocycles. The number of benzene rings is 1. The van der Waals surface area contributed by atoms with Gasteiger partial charge in [0, 0.05) is 25.7 Å². The summed E-state index contributed by atoms with van der Waals surface area (Å²) < 4.78 is 5.27. The first-order chi connectivity index (χ1) is 9.65. The molecule has 0 bridgehead atoms. The standard InChI is InChI=1S/C15H22N2O3/c16-13(12-4-2-1-3-5-12)10-14(19)17-15(11-18)6-8-20-9-7-15/h1-5,13,18H,6-11,16H2,(H,17,19). The van der Waals surface area contributed by atoms with E-state index in [-0.39, 0.29) is 25.0 Å². The fourth-order valence-electron chi connectivity index (χ4n) is 2.45. The molecule has 0 saturated carbocycles. The van der Waals surface area contributed by atoms with Crippen LogP contribution in [0, 0.1) is 0 Å². The summed E-state index contributed by atoms with van der Waals surface area (Å²) in [6.07, 6.45) is 1.48. The van der Waals surface area contributed by atoms with Crippen molar-refractivity contribution in [1.82, 2.24) is 5.32 Å². The van der Waals surface area contributed by atoms with Gasteiger partial charge in [-0.2, -0.15) is 0 Å². The molecule has 4 N–H and O–H groups in total. The Morgan fingerprint density at radius 3 is 2.60 bits per heavy atom. The van der Waals surface area contributed by atoms with Crippen LogP contribution in [-0.2, 0) is 9.53 Å². The van der Waals surface area contributed by atoms with E-state index in [9.17, 15) is 9.90 Å². The number of hydrogen-bond donors (Lipinski definition) is 3. The maximum absolute atomic E-state index is 12.1. The highest BCUT2D eigenvalue weighted by Gasteiger charge is 2.33. The molecular weight excluding hydrogens is 256 g/mol. The Bertz CT molecular complexity index is 430. The van der Waals surface area contributed by atoms with Gasteiger partial charge in [0.25, 0.3) is 0 Å². The lowest BCUT2D eigenvalue weighted by atomic mass is 9.90. The lowest BCUT2D eigenvalue weighted by Gasteiger charge is -2.36. The lowest BCUT2D eigenvalue weighted by Crippen LogP contribution is -2.54. The van der Waals surface area contributed by atoms with E-state index in [4.69, 9.17) is 10.5 Å². The third-order valence-electron chi connectivity index (χ3n) is 3.79. The molecule has 0 radical (unpaired) electrons. The van der Waals surface area contributed by atoms with Crippen molar-refractivity contribution in [2.24, 2.45) is 5.73 Å². The minimum Gasteiger partial charge on any atom is -0.394 e. The minimum absolute atomic E-state index is 0.0668. The Morgan fingerprint density at radius 2 is 2.00 bits per heavy atom. The molecule has 5 heteroatoms. The van der Waals surface area contributed by atoms with Gasteiger partial charge in [0.05, 0.1) is 12.1 Å². The van der Waals surface area contributed by atoms with Crippen molar-refractivity contribution in [2.45, 2.75) is 30.8 Å². The molecule has 1 fully saturated rings. The lowest BCUT2D eigenvalue weighted by molar-refractivity contribution is -0.125. The normalized spacial score (nSPS) is 19.3. The molecule has 1 heterocycles. The number of carbonyl (C=O) groups is 1. The average molecular weight is 278 g/mol. The predicted molar refractivity (Wildman–Crippen MR) is 76.0 cm³/mol. The molecule has 1 aromatic rings. The Morgan fingerprint density at radius 1 is 1.35 bits per heavy atom. The fraction of sp³-hybridized carbons (Fsp3) is 0.533. The fourth-order valence-corrected chi connectivity index (χ4v) is 2.45. The molecule has 1 aliphatic heterocycles. The molecule has 1 aliphatic rings. The summed E-state index contributed by atoms with van der Waals surface area (Å²) in [5, 5.41) is 12.5. The topological polar surface area (TPSA) is 84.6 Å². The van der Waals surface area contributed by atoms with E-state index in [1.165, 1.54) is 0 Å². The van der Waals surface area contributed by atoms with Crippen LogP contribution in [0.2, 0.25) is 0 Å². The van der Waals surface area contributed by atoms with Crippen LogP contribution in [-0.4, -0.2) is 36.4 Å². The van der Waals surface area contributed by atoms with E-state index in [0.717, 1.165) is 5.56 Å². The van der Waals surface area contributed by atoms with E-state index in [0.29, 0.717) is 26.1 Å². The quantitative estimate of drug-likeness (QED) is 0.741. The van der Waals surface area contributed by atoms with E-state index < -0.39 is 5.54 Å². The van der Waals surface area contributed by atoms with Gasteiger partial charge < -0.3 is 20.9 Å². The van der Waals surface area contributed by atoms with Crippen LogP contribution in [0.5, 0.6) is 0 Å². The molecule has 0 aliphatic carbocycles. The van der Waals surface area contributed by atoms with E-state index in [1.807, 2.05) is 30.3 Å². The van der Waals surface area contributed by atoms with Crippen LogP contribution in [0.1, 0.15) is 30.9 Å². The van der Waals surface area contributed by atoms with Crippen molar-refractivity contribution >= 4 is 5.91 Å². The Kier molecular flexibility index (Phi) is 5.11. The van der Waals surface area contributed by atoms with Crippen molar-refractivity contribution in [3.63, 3.8) is 0 Å². The van der Waals surface area contributed by atoms with Gasteiger partial charge in [-0.25, -0.2) is 0 Å². The van der Waals surface area contributed by atoms with Crippen molar-refractivity contribution in [3.05, 3.63) is 35.9 Å². The number of nitrogens with one attached hydrogen (secondary N) is 1. The van der Waals surface area contributed by atoms with Crippen LogP contribution in [0.3, 0.4) is 0 Å². The van der Waals surface area contributed by atoms with Crippen LogP contribution in [0.15, 0.2) is 30.3 Å². The highest BCUT2D eigenvalue weighted by atomic mass is 16.5. The Hall–Kier alpha value is -1.43. The molecule has 2 rings (SSSR count). The van der Waals surface area contributed by atoms with Gasteiger partial charge in [-0.3, -0.25) is 4.79 Å². The van der Waals surface area contributed by atoms with Crippen LogP contribution >= 0.6 is 0 Å². The predicted octanol–water partition coefficient (Wildman–Crippen LogP) is 0.734. The molecule has 1 atom stereocenters. The van der Waals surface area contributed by atoms with Gasteiger partial charge >= 0.3 is 0 Å². The maximum atomic E-state index is 12.1. The molecule has 0 spiro atoms. The summed E-state index contributed by atoms with van der Waals surface area (Å²) in [5.74, 6) is -0.127. The number of hydrogen-bond acceptors (Lipinski definition) is 4. The molecule has 1 saturated heterocycles. The first kappa shape index (κ1) is 15.0. The van der Waals surface area contributed by atoms with Crippen LogP contribution < -0.4 is 11.1 Å². The van der Waals surface area contributed by atoms with Gasteiger partial charge in [-0.15, -0.1) is 0 Å². The number of aliphatic hydroxyl groups excluding tert-OH is 1.